The third kappa shape index (κ3) is 11.7. The van der Waals surface area contributed by atoms with Crippen LogP contribution in [0.5, 0.6) is 5.75 Å². The molecule has 4 rings (SSSR count). The highest BCUT2D eigenvalue weighted by atomic mass is 32.2. The molecule has 0 aliphatic rings. The van der Waals surface area contributed by atoms with Crippen LogP contribution in [0.3, 0.4) is 0 Å². The first-order valence-electron chi connectivity index (χ1n) is 14.8. The molecule has 0 radical (unpaired) electrons. The molecular weight excluding hydrogens is 641 g/mol. The molecule has 0 aromatic heterocycles. The number of ether oxygens (including phenoxy) is 3. The Morgan fingerprint density at radius 3 is 1.48 bits per heavy atom. The van der Waals surface area contributed by atoms with E-state index in [1.165, 1.54) is 0 Å². The van der Waals surface area contributed by atoms with E-state index in [0.717, 1.165) is 49.8 Å². The zero-order chi connectivity index (χ0) is 34.1. The van der Waals surface area contributed by atoms with Crippen molar-refractivity contribution in [3.05, 3.63) is 150 Å². The Kier molecular flexibility index (Phi) is 13.8. The monoisotopic (exact) mass is 672 g/mol. The predicted molar refractivity (Wildman–Crippen MR) is 191 cm³/mol. The normalized spacial score (nSPS) is 9.94. The van der Waals surface area contributed by atoms with E-state index in [1.807, 2.05) is 67.6 Å². The maximum absolute atomic E-state index is 12.8. The Labute approximate surface area is 289 Å². The van der Waals surface area contributed by atoms with Gasteiger partial charge in [-0.25, -0.2) is 14.4 Å². The van der Waals surface area contributed by atoms with Crippen LogP contribution in [0.1, 0.15) is 38.2 Å². The number of hydrogen-bond donors (Lipinski definition) is 0. The minimum Gasteiger partial charge on any atom is -0.462 e. The Morgan fingerprint density at radius 1 is 0.625 bits per heavy atom. The molecule has 0 aliphatic heterocycles. The quantitative estimate of drug-likeness (QED) is 0.0379. The molecule has 0 unspecified atom stereocenters. The number of aryl methyl sites for hydroxylation is 1. The van der Waals surface area contributed by atoms with Gasteiger partial charge in [-0.1, -0.05) is 36.8 Å². The minimum atomic E-state index is -0.458. The van der Waals surface area contributed by atoms with E-state index in [-0.39, 0.29) is 0 Å². The maximum Gasteiger partial charge on any atom is 0.343 e. The van der Waals surface area contributed by atoms with Crippen molar-refractivity contribution in [3.63, 3.8) is 0 Å². The van der Waals surface area contributed by atoms with Crippen LogP contribution in [-0.4, -0.2) is 42.6 Å². The van der Waals surface area contributed by atoms with Gasteiger partial charge in [-0.05, 0) is 103 Å². The molecule has 240 valence electrons. The van der Waals surface area contributed by atoms with Crippen molar-refractivity contribution in [2.45, 2.75) is 16.7 Å². The van der Waals surface area contributed by atoms with Crippen LogP contribution < -0.4 is 4.74 Å². The fraction of sp³-hybridized carbons (Fsp3) is 0.125. The van der Waals surface area contributed by atoms with Gasteiger partial charge in [-0.15, -0.1) is 23.5 Å². The van der Waals surface area contributed by atoms with Crippen molar-refractivity contribution in [2.75, 3.05) is 24.7 Å². The van der Waals surface area contributed by atoms with E-state index >= 15 is 0 Å². The van der Waals surface area contributed by atoms with E-state index in [4.69, 9.17) is 14.2 Å². The second-order valence-corrected chi connectivity index (χ2v) is 12.3. The molecule has 0 amide bonds. The second-order valence-electron chi connectivity index (χ2n) is 9.94. The fourth-order valence-corrected chi connectivity index (χ4v) is 5.43. The summed E-state index contributed by atoms with van der Waals surface area (Å²) in [6.45, 7) is 9.27. The summed E-state index contributed by atoms with van der Waals surface area (Å²) < 4.78 is 15.6. The summed E-state index contributed by atoms with van der Waals surface area (Å²) >= 11 is 3.18. The number of carbonyl (C=O) groups excluding carboxylic acids is 3. The summed E-state index contributed by atoms with van der Waals surface area (Å²) in [5.74, 6) is 13.0. The Hall–Kier alpha value is -5.41. The first kappa shape index (κ1) is 35.4. The zero-order valence-corrected chi connectivity index (χ0v) is 28.0. The molecule has 0 heterocycles. The largest absolute Gasteiger partial charge is 0.462 e. The number of rotatable bonds is 12. The number of hydrogen-bond acceptors (Lipinski definition) is 8. The van der Waals surface area contributed by atoms with Gasteiger partial charge in [0.05, 0.1) is 5.56 Å². The lowest BCUT2D eigenvalue weighted by Gasteiger charge is -2.08. The zero-order valence-electron chi connectivity index (χ0n) is 26.3. The minimum absolute atomic E-state index is 0.320. The number of esters is 3. The molecule has 8 heteroatoms. The van der Waals surface area contributed by atoms with Crippen molar-refractivity contribution in [1.29, 1.82) is 0 Å². The fourth-order valence-electron chi connectivity index (χ4n) is 3.97. The Morgan fingerprint density at radius 2 is 1.04 bits per heavy atom. The van der Waals surface area contributed by atoms with Crippen molar-refractivity contribution < 1.29 is 28.6 Å². The molecule has 4 aromatic carbocycles. The SMILES string of the molecule is C=CC(=O)OCCSc1ccc(C#Cc2ccc(C(=O)Oc3ccc(C#Cc4ccc(SCCOC(=O)C=C)cc4)cc3C)cc2)cc1. The van der Waals surface area contributed by atoms with Crippen LogP contribution in [0.15, 0.2) is 126 Å². The van der Waals surface area contributed by atoms with Crippen molar-refractivity contribution in [3.8, 4) is 29.4 Å². The molecule has 6 nitrogen and oxygen atoms in total. The molecule has 0 bridgehead atoms. The van der Waals surface area contributed by atoms with Crippen LogP contribution in [0.2, 0.25) is 0 Å². The van der Waals surface area contributed by atoms with Gasteiger partial charge in [-0.3, -0.25) is 0 Å². The van der Waals surface area contributed by atoms with E-state index in [1.54, 1.807) is 53.9 Å². The topological polar surface area (TPSA) is 78.9 Å². The molecule has 0 N–H and O–H groups in total. The van der Waals surface area contributed by atoms with Gasteiger partial charge in [0, 0.05) is 55.7 Å². The molecule has 48 heavy (non-hydrogen) atoms. The van der Waals surface area contributed by atoms with Crippen molar-refractivity contribution in [1.82, 2.24) is 0 Å². The van der Waals surface area contributed by atoms with Crippen LogP contribution in [-0.2, 0) is 19.1 Å². The highest BCUT2D eigenvalue weighted by Crippen LogP contribution is 2.22. The molecule has 0 spiro atoms. The highest BCUT2D eigenvalue weighted by molar-refractivity contribution is 7.99. The van der Waals surface area contributed by atoms with Gasteiger partial charge < -0.3 is 14.2 Å². The summed E-state index contributed by atoms with van der Waals surface area (Å²) in [7, 11) is 0. The lowest BCUT2D eigenvalue weighted by Crippen LogP contribution is -2.09. The van der Waals surface area contributed by atoms with Gasteiger partial charge >= 0.3 is 17.9 Å². The van der Waals surface area contributed by atoms with Crippen LogP contribution in [0.25, 0.3) is 0 Å². The molecule has 0 saturated carbocycles. The third-order valence-electron chi connectivity index (χ3n) is 6.44. The number of thioether (sulfide) groups is 2. The molecule has 0 saturated heterocycles. The standard InChI is InChI=1S/C40H32O6S2/c1-4-38(41)44-24-26-47-35-19-12-31(13-20-35)7-6-30-10-17-34(18-11-30)40(43)46-37-23-16-33(28-29(37)3)9-8-32-14-21-36(22-15-32)48-27-25-45-39(42)5-2/h4-5,10-23,28H,1-2,24-27H2,3H3. The maximum atomic E-state index is 12.8. The van der Waals surface area contributed by atoms with Gasteiger partial charge in [0.15, 0.2) is 0 Å². The third-order valence-corrected chi connectivity index (χ3v) is 8.39. The molecule has 0 fully saturated rings. The molecule has 4 aromatic rings. The first-order chi connectivity index (χ1) is 23.3. The summed E-state index contributed by atoms with van der Waals surface area (Å²) in [6, 6.07) is 28.1. The number of benzene rings is 4. The van der Waals surface area contributed by atoms with E-state index in [0.29, 0.717) is 36.0 Å². The number of carbonyl (C=O) groups is 3. The van der Waals surface area contributed by atoms with Crippen molar-refractivity contribution in [2.24, 2.45) is 0 Å². The van der Waals surface area contributed by atoms with E-state index < -0.39 is 17.9 Å². The average molecular weight is 673 g/mol. The van der Waals surface area contributed by atoms with E-state index in [2.05, 4.69) is 36.8 Å². The van der Waals surface area contributed by atoms with Gasteiger partial charge in [0.2, 0.25) is 0 Å². The summed E-state index contributed by atoms with van der Waals surface area (Å²) in [5.41, 5.74) is 4.52. The van der Waals surface area contributed by atoms with Crippen molar-refractivity contribution >= 4 is 41.4 Å². The summed E-state index contributed by atoms with van der Waals surface area (Å²) in [6.07, 6.45) is 2.30. The van der Waals surface area contributed by atoms with Gasteiger partial charge in [0.1, 0.15) is 19.0 Å². The van der Waals surface area contributed by atoms with Crippen LogP contribution in [0, 0.1) is 30.6 Å². The summed E-state index contributed by atoms with van der Waals surface area (Å²) in [4.78, 5) is 37.2. The Bertz CT molecular complexity index is 1890. The predicted octanol–water partition coefficient (Wildman–Crippen LogP) is 7.66. The first-order valence-corrected chi connectivity index (χ1v) is 16.8. The van der Waals surface area contributed by atoms with Gasteiger partial charge in [0.25, 0.3) is 0 Å². The molecule has 0 aliphatic carbocycles. The van der Waals surface area contributed by atoms with Crippen LogP contribution in [0.4, 0.5) is 0 Å². The van der Waals surface area contributed by atoms with Crippen LogP contribution >= 0.6 is 23.5 Å². The van der Waals surface area contributed by atoms with E-state index in [9.17, 15) is 14.4 Å². The molecular formula is C40H32O6S2. The second kappa shape index (κ2) is 18.7. The Balaban J connectivity index is 1.26. The highest BCUT2D eigenvalue weighted by Gasteiger charge is 2.10. The average Bonchev–Trinajstić information content (AvgIpc) is 3.12. The smallest absolute Gasteiger partial charge is 0.343 e. The lowest BCUT2D eigenvalue weighted by molar-refractivity contribution is -0.138. The molecule has 0 atom stereocenters. The summed E-state index contributed by atoms with van der Waals surface area (Å²) in [5, 5.41) is 0. The van der Waals surface area contributed by atoms with Gasteiger partial charge in [-0.2, -0.15) is 0 Å². The lowest BCUT2D eigenvalue weighted by atomic mass is 10.1.